The molecule has 0 aliphatic rings. The maximum Gasteiger partial charge on any atom is 0.135 e. The summed E-state index contributed by atoms with van der Waals surface area (Å²) in [6.45, 7) is 2.02. The van der Waals surface area contributed by atoms with Crippen LogP contribution >= 0.6 is 0 Å². The summed E-state index contributed by atoms with van der Waals surface area (Å²) >= 11 is 0. The third kappa shape index (κ3) is 1.58. The van der Waals surface area contributed by atoms with Crippen LogP contribution in [0.5, 0.6) is 0 Å². The lowest BCUT2D eigenvalue weighted by molar-refractivity contribution is 0.997. The number of aliphatic imine (C=N–C) groups is 1. The van der Waals surface area contributed by atoms with E-state index in [9.17, 15) is 0 Å². The van der Waals surface area contributed by atoms with Crippen molar-refractivity contribution < 1.29 is 0 Å². The molecule has 0 radical (unpaired) electrons. The van der Waals surface area contributed by atoms with Gasteiger partial charge in [0.25, 0.3) is 0 Å². The van der Waals surface area contributed by atoms with E-state index in [0.29, 0.717) is 5.82 Å². The van der Waals surface area contributed by atoms with E-state index in [1.807, 2.05) is 6.92 Å². The minimum absolute atomic E-state index is 0.493. The van der Waals surface area contributed by atoms with Gasteiger partial charge in [-0.25, -0.2) is 9.97 Å². The molecule has 64 valence electrons. The molecule has 4 nitrogen and oxygen atoms in total. The molecule has 1 heterocycles. The standard InChI is InChI=1S/C8H12N4/c1-3-7-6(4-10-2)8(9)12-5-11-7/h4-5H,3H2,1-2H3,(H2,9,11,12). The van der Waals surface area contributed by atoms with Crippen molar-refractivity contribution in [1.82, 2.24) is 9.97 Å². The van der Waals surface area contributed by atoms with Crippen molar-refractivity contribution in [2.45, 2.75) is 13.3 Å². The first-order valence-corrected chi connectivity index (χ1v) is 3.81. The van der Waals surface area contributed by atoms with Gasteiger partial charge in [0.2, 0.25) is 0 Å². The minimum atomic E-state index is 0.493. The third-order valence-corrected chi connectivity index (χ3v) is 1.59. The predicted octanol–water partition coefficient (Wildman–Crippen LogP) is 0.670. The second kappa shape index (κ2) is 3.80. The van der Waals surface area contributed by atoms with E-state index in [-0.39, 0.29) is 0 Å². The molecule has 0 saturated heterocycles. The van der Waals surface area contributed by atoms with Gasteiger partial charge in [0, 0.05) is 13.3 Å². The quantitative estimate of drug-likeness (QED) is 0.653. The Labute approximate surface area is 71.6 Å². The van der Waals surface area contributed by atoms with E-state index in [0.717, 1.165) is 17.7 Å². The van der Waals surface area contributed by atoms with Gasteiger partial charge in [-0.3, -0.25) is 4.99 Å². The van der Waals surface area contributed by atoms with Crippen LogP contribution in [0.15, 0.2) is 11.3 Å². The van der Waals surface area contributed by atoms with E-state index < -0.39 is 0 Å². The minimum Gasteiger partial charge on any atom is -0.383 e. The zero-order chi connectivity index (χ0) is 8.97. The van der Waals surface area contributed by atoms with Crippen LogP contribution in [0.25, 0.3) is 0 Å². The SMILES string of the molecule is CCc1ncnc(N)c1C=NC. The van der Waals surface area contributed by atoms with E-state index in [4.69, 9.17) is 5.73 Å². The first-order chi connectivity index (χ1) is 5.79. The fourth-order valence-electron chi connectivity index (χ4n) is 0.999. The second-order valence-corrected chi connectivity index (χ2v) is 2.36. The number of aromatic nitrogens is 2. The van der Waals surface area contributed by atoms with Gasteiger partial charge in [0.05, 0.1) is 11.3 Å². The molecule has 0 aliphatic carbocycles. The molecule has 4 heteroatoms. The summed E-state index contributed by atoms with van der Waals surface area (Å²) in [5, 5.41) is 0. The Hall–Kier alpha value is -1.45. The summed E-state index contributed by atoms with van der Waals surface area (Å²) in [6.07, 6.45) is 4.00. The summed E-state index contributed by atoms with van der Waals surface area (Å²) in [6, 6.07) is 0. The number of nitrogens with zero attached hydrogens (tertiary/aromatic N) is 3. The van der Waals surface area contributed by atoms with Crippen LogP contribution < -0.4 is 5.73 Å². The van der Waals surface area contributed by atoms with Gasteiger partial charge in [-0.1, -0.05) is 6.92 Å². The molecule has 1 rings (SSSR count). The van der Waals surface area contributed by atoms with Gasteiger partial charge < -0.3 is 5.73 Å². The lowest BCUT2D eigenvalue weighted by Crippen LogP contribution is -2.03. The Balaban J connectivity index is 3.19. The lowest BCUT2D eigenvalue weighted by Gasteiger charge is -2.02. The monoisotopic (exact) mass is 164 g/mol. The van der Waals surface area contributed by atoms with Crippen LogP contribution in [0.3, 0.4) is 0 Å². The molecule has 2 N–H and O–H groups in total. The highest BCUT2D eigenvalue weighted by Gasteiger charge is 2.03. The highest BCUT2D eigenvalue weighted by Crippen LogP contribution is 2.09. The van der Waals surface area contributed by atoms with Crippen LogP contribution in [-0.4, -0.2) is 23.2 Å². The topological polar surface area (TPSA) is 64.2 Å². The second-order valence-electron chi connectivity index (χ2n) is 2.36. The maximum absolute atomic E-state index is 5.64. The van der Waals surface area contributed by atoms with Crippen molar-refractivity contribution in [2.75, 3.05) is 12.8 Å². The normalized spacial score (nSPS) is 10.8. The number of nitrogens with two attached hydrogens (primary N) is 1. The average Bonchev–Trinajstić information content (AvgIpc) is 2.09. The van der Waals surface area contributed by atoms with Gasteiger partial charge in [-0.15, -0.1) is 0 Å². The Kier molecular flexibility index (Phi) is 2.74. The molecular weight excluding hydrogens is 152 g/mol. The van der Waals surface area contributed by atoms with Crippen molar-refractivity contribution in [2.24, 2.45) is 4.99 Å². The summed E-state index contributed by atoms with van der Waals surface area (Å²) in [4.78, 5) is 11.9. The molecule has 0 atom stereocenters. The Bertz CT molecular complexity index is 293. The Morgan fingerprint density at radius 2 is 2.33 bits per heavy atom. The van der Waals surface area contributed by atoms with Crippen LogP contribution in [-0.2, 0) is 6.42 Å². The number of nitrogen functional groups attached to an aromatic ring is 1. The smallest absolute Gasteiger partial charge is 0.135 e. The predicted molar refractivity (Wildman–Crippen MR) is 49.3 cm³/mol. The number of aryl methyl sites for hydroxylation is 1. The van der Waals surface area contributed by atoms with Crippen molar-refractivity contribution in [3.8, 4) is 0 Å². The summed E-state index contributed by atoms with van der Waals surface area (Å²) in [7, 11) is 1.70. The number of rotatable bonds is 2. The van der Waals surface area contributed by atoms with Gasteiger partial charge in [-0.2, -0.15) is 0 Å². The van der Waals surface area contributed by atoms with Gasteiger partial charge in [0.15, 0.2) is 0 Å². The molecule has 12 heavy (non-hydrogen) atoms. The largest absolute Gasteiger partial charge is 0.383 e. The molecule has 0 bridgehead atoms. The van der Waals surface area contributed by atoms with E-state index >= 15 is 0 Å². The van der Waals surface area contributed by atoms with Crippen molar-refractivity contribution >= 4 is 12.0 Å². The molecule has 0 saturated carbocycles. The Morgan fingerprint density at radius 3 is 2.92 bits per heavy atom. The fraction of sp³-hybridized carbons (Fsp3) is 0.375. The Morgan fingerprint density at radius 1 is 1.58 bits per heavy atom. The first kappa shape index (κ1) is 8.64. The highest BCUT2D eigenvalue weighted by atomic mass is 14.9. The third-order valence-electron chi connectivity index (χ3n) is 1.59. The molecule has 1 aromatic rings. The van der Waals surface area contributed by atoms with Gasteiger partial charge >= 0.3 is 0 Å². The molecule has 1 aromatic heterocycles. The molecule has 0 spiro atoms. The number of hydrogen-bond donors (Lipinski definition) is 1. The highest BCUT2D eigenvalue weighted by molar-refractivity contribution is 5.86. The van der Waals surface area contributed by atoms with Crippen molar-refractivity contribution in [3.05, 3.63) is 17.6 Å². The van der Waals surface area contributed by atoms with Crippen molar-refractivity contribution in [1.29, 1.82) is 0 Å². The fourth-order valence-corrected chi connectivity index (χ4v) is 0.999. The van der Waals surface area contributed by atoms with Crippen molar-refractivity contribution in [3.63, 3.8) is 0 Å². The number of hydrogen-bond acceptors (Lipinski definition) is 4. The summed E-state index contributed by atoms with van der Waals surface area (Å²) < 4.78 is 0. The van der Waals surface area contributed by atoms with Crippen LogP contribution in [0.4, 0.5) is 5.82 Å². The van der Waals surface area contributed by atoms with Gasteiger partial charge in [0.1, 0.15) is 12.1 Å². The van der Waals surface area contributed by atoms with E-state index in [2.05, 4.69) is 15.0 Å². The zero-order valence-electron chi connectivity index (χ0n) is 7.28. The van der Waals surface area contributed by atoms with Crippen LogP contribution in [0, 0.1) is 0 Å². The molecule has 0 unspecified atom stereocenters. The zero-order valence-corrected chi connectivity index (χ0v) is 7.28. The van der Waals surface area contributed by atoms with E-state index in [1.54, 1.807) is 13.3 Å². The van der Waals surface area contributed by atoms with Crippen LogP contribution in [0.2, 0.25) is 0 Å². The molecule has 0 aliphatic heterocycles. The van der Waals surface area contributed by atoms with E-state index in [1.165, 1.54) is 6.33 Å². The molecule has 0 amide bonds. The van der Waals surface area contributed by atoms with Gasteiger partial charge in [-0.05, 0) is 6.42 Å². The average molecular weight is 164 g/mol. The molecular formula is C8H12N4. The van der Waals surface area contributed by atoms with Crippen LogP contribution in [0.1, 0.15) is 18.2 Å². The summed E-state index contributed by atoms with van der Waals surface area (Å²) in [5.74, 6) is 0.493. The summed E-state index contributed by atoms with van der Waals surface area (Å²) in [5.41, 5.74) is 7.41. The number of anilines is 1. The lowest BCUT2D eigenvalue weighted by atomic mass is 10.2. The maximum atomic E-state index is 5.64. The molecule has 0 aromatic carbocycles. The first-order valence-electron chi connectivity index (χ1n) is 3.81. The molecule has 0 fully saturated rings.